The molecule has 0 spiro atoms. The number of rotatable bonds is 3. The van der Waals surface area contributed by atoms with E-state index in [1.807, 2.05) is 0 Å². The van der Waals surface area contributed by atoms with Gasteiger partial charge in [-0.2, -0.15) is 0 Å². The number of carbonyl (C=O) groups excluding carboxylic acids is 2. The number of primary amides is 1. The molecule has 0 atom stereocenters. The molecule has 0 aliphatic carbocycles. The maximum absolute atomic E-state index is 10.8. The predicted octanol–water partition coefficient (Wildman–Crippen LogP) is 0.596. The highest BCUT2D eigenvalue weighted by Crippen LogP contribution is 1.96. The van der Waals surface area contributed by atoms with E-state index in [4.69, 9.17) is 0 Å². The summed E-state index contributed by atoms with van der Waals surface area (Å²) >= 11 is 0. The molecule has 0 saturated carbocycles. The molecule has 1 amide bonds. The third-order valence-electron chi connectivity index (χ3n) is 1.32. The minimum absolute atomic E-state index is 0.333. The van der Waals surface area contributed by atoms with Crippen molar-refractivity contribution in [2.45, 2.75) is 6.92 Å². The molecule has 0 radical (unpaired) electrons. The van der Waals surface area contributed by atoms with Crippen LogP contribution in [0.3, 0.4) is 0 Å². The summed E-state index contributed by atoms with van der Waals surface area (Å²) in [4.78, 5) is 23.7. The van der Waals surface area contributed by atoms with E-state index in [2.05, 4.69) is 24.9 Å². The first-order chi connectivity index (χ1) is 8.99. The molecule has 0 aliphatic heterocycles. The van der Waals surface area contributed by atoms with Crippen molar-refractivity contribution in [1.29, 1.82) is 0 Å². The highest BCUT2D eigenvalue weighted by molar-refractivity contribution is 5.88. The maximum atomic E-state index is 10.8. The topological polar surface area (TPSA) is 101 Å². The Kier molecular flexibility index (Phi) is 14.3. The van der Waals surface area contributed by atoms with E-state index >= 15 is 0 Å². The van der Waals surface area contributed by atoms with E-state index in [1.165, 1.54) is 20.2 Å². The van der Waals surface area contributed by atoms with Crippen molar-refractivity contribution in [3.05, 3.63) is 30.1 Å². The van der Waals surface area contributed by atoms with Crippen molar-refractivity contribution in [2.75, 3.05) is 28.1 Å². The summed E-state index contributed by atoms with van der Waals surface area (Å²) in [6.07, 6.45) is 3.07. The molecule has 2 N–H and O–H groups in total. The van der Waals surface area contributed by atoms with Crippen molar-refractivity contribution in [3.8, 4) is 0 Å². The van der Waals surface area contributed by atoms with Crippen LogP contribution in [-0.4, -0.2) is 45.0 Å². The van der Waals surface area contributed by atoms with Gasteiger partial charge < -0.3 is 19.9 Å². The SMILES string of the molecule is CC(N)=O.COC(=O)c1cccnc1.COCOC. The third-order valence-corrected chi connectivity index (χ3v) is 1.32. The molecule has 0 bridgehead atoms. The van der Waals surface area contributed by atoms with Gasteiger partial charge >= 0.3 is 5.97 Å². The van der Waals surface area contributed by atoms with Gasteiger partial charge in [0.25, 0.3) is 0 Å². The number of carbonyl (C=O) groups is 2. The summed E-state index contributed by atoms with van der Waals surface area (Å²) in [5.41, 5.74) is 4.95. The van der Waals surface area contributed by atoms with Gasteiger partial charge in [0.15, 0.2) is 0 Å². The first kappa shape index (κ1) is 19.4. The van der Waals surface area contributed by atoms with E-state index in [9.17, 15) is 9.59 Å². The van der Waals surface area contributed by atoms with Crippen LogP contribution in [0, 0.1) is 0 Å². The average molecular weight is 272 g/mol. The van der Waals surface area contributed by atoms with Gasteiger partial charge in [0.2, 0.25) is 5.91 Å². The number of pyridine rings is 1. The zero-order chi connectivity index (χ0) is 15.1. The molecule has 1 rings (SSSR count). The summed E-state index contributed by atoms with van der Waals surface area (Å²) < 4.78 is 13.4. The number of methoxy groups -OCH3 is 3. The van der Waals surface area contributed by atoms with Crippen molar-refractivity contribution < 1.29 is 23.8 Å². The number of nitrogens with zero attached hydrogens (tertiary/aromatic N) is 1. The van der Waals surface area contributed by atoms with Crippen molar-refractivity contribution in [3.63, 3.8) is 0 Å². The van der Waals surface area contributed by atoms with Crippen LogP contribution in [0.1, 0.15) is 17.3 Å². The van der Waals surface area contributed by atoms with Crippen LogP contribution in [0.2, 0.25) is 0 Å². The van der Waals surface area contributed by atoms with Crippen LogP contribution < -0.4 is 5.73 Å². The molecule has 0 aliphatic rings. The summed E-state index contributed by atoms with van der Waals surface area (Å²) in [5.74, 6) is -0.687. The molecule has 0 unspecified atom stereocenters. The van der Waals surface area contributed by atoms with Gasteiger partial charge in [-0.15, -0.1) is 0 Å². The lowest BCUT2D eigenvalue weighted by Gasteiger charge is -1.94. The second kappa shape index (κ2) is 14.1. The normalized spacial score (nSPS) is 8.21. The first-order valence-electron chi connectivity index (χ1n) is 5.21. The van der Waals surface area contributed by atoms with Gasteiger partial charge in [0.1, 0.15) is 6.79 Å². The van der Waals surface area contributed by atoms with Crippen LogP contribution in [0.4, 0.5) is 0 Å². The zero-order valence-electron chi connectivity index (χ0n) is 11.6. The van der Waals surface area contributed by atoms with Crippen LogP contribution in [0.5, 0.6) is 0 Å². The molecule has 1 heterocycles. The van der Waals surface area contributed by atoms with Gasteiger partial charge in [-0.05, 0) is 12.1 Å². The Morgan fingerprint density at radius 3 is 2.05 bits per heavy atom. The molecular formula is C12H20N2O5. The van der Waals surface area contributed by atoms with Gasteiger partial charge in [-0.25, -0.2) is 4.79 Å². The number of esters is 1. The number of ether oxygens (including phenoxy) is 3. The molecule has 1 aromatic rings. The molecule has 19 heavy (non-hydrogen) atoms. The molecular weight excluding hydrogens is 252 g/mol. The van der Waals surface area contributed by atoms with Crippen LogP contribution in [0.15, 0.2) is 24.5 Å². The fourth-order valence-electron chi connectivity index (χ4n) is 0.719. The number of hydrogen-bond acceptors (Lipinski definition) is 6. The maximum Gasteiger partial charge on any atom is 0.339 e. The third kappa shape index (κ3) is 16.0. The molecule has 7 nitrogen and oxygen atoms in total. The summed E-state index contributed by atoms with van der Waals surface area (Å²) in [5, 5.41) is 0. The number of amides is 1. The van der Waals surface area contributed by atoms with Crippen molar-refractivity contribution in [1.82, 2.24) is 4.98 Å². The standard InChI is InChI=1S/C7H7NO2.C3H8O2.C2H5NO/c1-10-7(9)6-3-2-4-8-5-6;1-4-3-5-2;1-2(3)4/h2-5H,1H3;3H2,1-2H3;1H3,(H2,3,4). The molecule has 0 saturated heterocycles. The van der Waals surface area contributed by atoms with E-state index in [0.717, 1.165) is 0 Å². The summed E-state index contributed by atoms with van der Waals surface area (Å²) in [6, 6.07) is 3.34. The second-order valence-corrected chi connectivity index (χ2v) is 3.04. The van der Waals surface area contributed by atoms with E-state index in [-0.39, 0.29) is 11.9 Å². The van der Waals surface area contributed by atoms with E-state index < -0.39 is 0 Å². The number of nitrogens with two attached hydrogens (primary N) is 1. The fourth-order valence-corrected chi connectivity index (χ4v) is 0.719. The van der Waals surface area contributed by atoms with Gasteiger partial charge in [0.05, 0.1) is 12.7 Å². The van der Waals surface area contributed by atoms with E-state index in [0.29, 0.717) is 12.4 Å². The highest BCUT2D eigenvalue weighted by Gasteiger charge is 2.01. The first-order valence-corrected chi connectivity index (χ1v) is 5.21. The van der Waals surface area contributed by atoms with Crippen molar-refractivity contribution in [2.24, 2.45) is 5.73 Å². The second-order valence-electron chi connectivity index (χ2n) is 3.04. The Balaban J connectivity index is 0. The lowest BCUT2D eigenvalue weighted by Crippen LogP contribution is -2.01. The minimum atomic E-state index is -0.354. The molecule has 108 valence electrons. The Morgan fingerprint density at radius 1 is 1.26 bits per heavy atom. The van der Waals surface area contributed by atoms with E-state index in [1.54, 1.807) is 32.5 Å². The highest BCUT2D eigenvalue weighted by atomic mass is 16.6. The predicted molar refractivity (Wildman–Crippen MR) is 69.3 cm³/mol. The summed E-state index contributed by atoms with van der Waals surface area (Å²) in [6.45, 7) is 1.69. The number of hydrogen-bond donors (Lipinski definition) is 1. The Labute approximate surface area is 112 Å². The van der Waals surface area contributed by atoms with Crippen LogP contribution >= 0.6 is 0 Å². The van der Waals surface area contributed by atoms with Crippen LogP contribution in [0.25, 0.3) is 0 Å². The van der Waals surface area contributed by atoms with Gasteiger partial charge in [-0.1, -0.05) is 0 Å². The average Bonchev–Trinajstić information content (AvgIpc) is 2.40. The zero-order valence-corrected chi connectivity index (χ0v) is 11.6. The molecule has 0 aromatic carbocycles. The minimum Gasteiger partial charge on any atom is -0.465 e. The monoisotopic (exact) mass is 272 g/mol. The van der Waals surface area contributed by atoms with Gasteiger partial charge in [-0.3, -0.25) is 9.78 Å². The lowest BCUT2D eigenvalue weighted by molar-refractivity contribution is -0.115. The smallest absolute Gasteiger partial charge is 0.339 e. The van der Waals surface area contributed by atoms with Crippen molar-refractivity contribution >= 4 is 11.9 Å². The Morgan fingerprint density at radius 2 is 1.79 bits per heavy atom. The molecule has 1 aromatic heterocycles. The quantitative estimate of drug-likeness (QED) is 0.638. The summed E-state index contributed by atoms with van der Waals surface area (Å²) in [7, 11) is 4.52. The molecule has 0 fully saturated rings. The van der Waals surface area contributed by atoms with Crippen LogP contribution in [-0.2, 0) is 19.0 Å². The Hall–Kier alpha value is -1.99. The fraction of sp³-hybridized carbons (Fsp3) is 0.417. The Bertz CT molecular complexity index is 337. The number of aromatic nitrogens is 1. The largest absolute Gasteiger partial charge is 0.465 e. The molecule has 7 heteroatoms. The lowest BCUT2D eigenvalue weighted by atomic mass is 10.3. The van der Waals surface area contributed by atoms with Gasteiger partial charge in [0, 0.05) is 33.5 Å².